The fourth-order valence-corrected chi connectivity index (χ4v) is 1.55. The van der Waals surface area contributed by atoms with Crippen LogP contribution in [0.25, 0.3) is 0 Å². The quantitative estimate of drug-likeness (QED) is 0.933. The molecule has 0 saturated heterocycles. The van der Waals surface area contributed by atoms with Crippen LogP contribution in [0, 0.1) is 0 Å². The summed E-state index contributed by atoms with van der Waals surface area (Å²) >= 11 is 5.61. The minimum atomic E-state index is -0.349. The zero-order valence-electron chi connectivity index (χ0n) is 10.3. The number of aromatic nitrogens is 2. The van der Waals surface area contributed by atoms with E-state index in [0.29, 0.717) is 18.0 Å². The van der Waals surface area contributed by atoms with Gasteiger partial charge in [0.2, 0.25) is 0 Å². The van der Waals surface area contributed by atoms with Crippen LogP contribution in [0.1, 0.15) is 17.4 Å². The van der Waals surface area contributed by atoms with Gasteiger partial charge in [0.1, 0.15) is 16.6 Å². The third kappa shape index (κ3) is 3.66. The van der Waals surface area contributed by atoms with Gasteiger partial charge < -0.3 is 10.1 Å². The Labute approximate surface area is 115 Å². The van der Waals surface area contributed by atoms with Crippen molar-refractivity contribution in [1.29, 1.82) is 0 Å². The maximum Gasteiger partial charge on any atom is 0.275 e. The first-order valence-electron chi connectivity index (χ1n) is 5.71. The predicted octanol–water partition coefficient (Wildman–Crippen LogP) is 2.78. The highest BCUT2D eigenvalue weighted by molar-refractivity contribution is 6.29. The zero-order valence-corrected chi connectivity index (χ0v) is 11.0. The van der Waals surface area contributed by atoms with Gasteiger partial charge in [-0.2, -0.15) is 0 Å². The van der Waals surface area contributed by atoms with Gasteiger partial charge in [-0.3, -0.25) is 4.79 Å². The number of nitrogens with zero attached hydrogens (tertiary/aromatic N) is 2. The molecule has 0 saturated carbocycles. The molecule has 1 heterocycles. The number of benzene rings is 1. The molecule has 2 rings (SSSR count). The standard InChI is InChI=1S/C13H12ClN3O2/c1-2-19-10-5-3-4-9(6-10)17-13(18)11-7-16-12(14)8-15-11/h3-8H,2H2,1H3,(H,17,18). The molecule has 19 heavy (non-hydrogen) atoms. The Morgan fingerprint density at radius 3 is 2.89 bits per heavy atom. The summed E-state index contributed by atoms with van der Waals surface area (Å²) in [5, 5.41) is 2.96. The first kappa shape index (κ1) is 13.3. The first-order valence-corrected chi connectivity index (χ1v) is 6.08. The SMILES string of the molecule is CCOc1cccc(NC(=O)c2cnc(Cl)cn2)c1. The van der Waals surface area contributed by atoms with Gasteiger partial charge >= 0.3 is 0 Å². The highest BCUT2D eigenvalue weighted by Gasteiger charge is 2.08. The van der Waals surface area contributed by atoms with Crippen LogP contribution in [-0.4, -0.2) is 22.5 Å². The first-order chi connectivity index (χ1) is 9.19. The van der Waals surface area contributed by atoms with Crippen LogP contribution in [0.5, 0.6) is 5.75 Å². The summed E-state index contributed by atoms with van der Waals surface area (Å²) in [5.41, 5.74) is 0.832. The van der Waals surface area contributed by atoms with E-state index in [1.807, 2.05) is 13.0 Å². The zero-order chi connectivity index (χ0) is 13.7. The summed E-state index contributed by atoms with van der Waals surface area (Å²) in [6.07, 6.45) is 2.65. The Balaban J connectivity index is 2.10. The number of rotatable bonds is 4. The van der Waals surface area contributed by atoms with Crippen LogP contribution in [0.4, 0.5) is 5.69 Å². The lowest BCUT2D eigenvalue weighted by atomic mass is 10.3. The van der Waals surface area contributed by atoms with Crippen LogP contribution in [0.2, 0.25) is 5.15 Å². The van der Waals surface area contributed by atoms with Gasteiger partial charge in [-0.05, 0) is 19.1 Å². The van der Waals surface area contributed by atoms with Gasteiger partial charge in [0.25, 0.3) is 5.91 Å². The summed E-state index contributed by atoms with van der Waals surface area (Å²) < 4.78 is 5.35. The fraction of sp³-hybridized carbons (Fsp3) is 0.154. The number of carbonyl (C=O) groups excluding carboxylic acids is 1. The Morgan fingerprint density at radius 2 is 2.21 bits per heavy atom. The minimum Gasteiger partial charge on any atom is -0.494 e. The molecule has 0 unspecified atom stereocenters. The number of hydrogen-bond acceptors (Lipinski definition) is 4. The highest BCUT2D eigenvalue weighted by atomic mass is 35.5. The molecule has 0 spiro atoms. The Kier molecular flexibility index (Phi) is 4.30. The van der Waals surface area contributed by atoms with E-state index in [2.05, 4.69) is 15.3 Å². The molecule has 2 aromatic rings. The molecule has 0 aliphatic carbocycles. The van der Waals surface area contributed by atoms with Gasteiger partial charge in [-0.15, -0.1) is 0 Å². The van der Waals surface area contributed by atoms with Crippen molar-refractivity contribution in [3.05, 3.63) is 47.5 Å². The lowest BCUT2D eigenvalue weighted by Crippen LogP contribution is -2.13. The molecule has 6 heteroatoms. The second kappa shape index (κ2) is 6.15. The Hall–Kier alpha value is -2.14. The van der Waals surface area contributed by atoms with E-state index < -0.39 is 0 Å². The molecule has 0 aliphatic rings. The summed E-state index contributed by atoms with van der Waals surface area (Å²) in [5.74, 6) is 0.348. The van der Waals surface area contributed by atoms with Crippen molar-refractivity contribution in [1.82, 2.24) is 9.97 Å². The molecule has 0 radical (unpaired) electrons. The van der Waals surface area contributed by atoms with Gasteiger partial charge in [-0.1, -0.05) is 17.7 Å². The summed E-state index contributed by atoms with van der Waals surface area (Å²) in [4.78, 5) is 19.6. The summed E-state index contributed by atoms with van der Waals surface area (Å²) in [6.45, 7) is 2.47. The van der Waals surface area contributed by atoms with E-state index >= 15 is 0 Å². The van der Waals surface area contributed by atoms with Gasteiger partial charge in [-0.25, -0.2) is 9.97 Å². The number of nitrogens with one attached hydrogen (secondary N) is 1. The fourth-order valence-electron chi connectivity index (χ4n) is 1.45. The normalized spacial score (nSPS) is 10.0. The van der Waals surface area contributed by atoms with E-state index in [0.717, 1.165) is 0 Å². The number of amides is 1. The van der Waals surface area contributed by atoms with E-state index in [9.17, 15) is 4.79 Å². The molecular formula is C13H12ClN3O2. The Morgan fingerprint density at radius 1 is 1.37 bits per heavy atom. The van der Waals surface area contributed by atoms with Crippen molar-refractivity contribution in [2.45, 2.75) is 6.92 Å². The number of halogens is 1. The van der Waals surface area contributed by atoms with Gasteiger partial charge in [0, 0.05) is 11.8 Å². The number of hydrogen-bond donors (Lipinski definition) is 1. The van der Waals surface area contributed by atoms with Crippen LogP contribution < -0.4 is 10.1 Å². The topological polar surface area (TPSA) is 64.1 Å². The van der Waals surface area contributed by atoms with Crippen molar-refractivity contribution < 1.29 is 9.53 Å². The molecule has 5 nitrogen and oxygen atoms in total. The molecule has 1 aromatic carbocycles. The van der Waals surface area contributed by atoms with Crippen LogP contribution in [-0.2, 0) is 0 Å². The molecular weight excluding hydrogens is 266 g/mol. The van der Waals surface area contributed by atoms with Crippen LogP contribution in [0.3, 0.4) is 0 Å². The van der Waals surface area contributed by atoms with Crippen molar-refractivity contribution in [2.75, 3.05) is 11.9 Å². The largest absolute Gasteiger partial charge is 0.494 e. The minimum absolute atomic E-state index is 0.200. The lowest BCUT2D eigenvalue weighted by Gasteiger charge is -2.07. The van der Waals surface area contributed by atoms with Gasteiger partial charge in [0.05, 0.1) is 19.0 Å². The van der Waals surface area contributed by atoms with Crippen molar-refractivity contribution in [3.8, 4) is 5.75 Å². The molecule has 0 bridgehead atoms. The predicted molar refractivity (Wildman–Crippen MR) is 72.6 cm³/mol. The van der Waals surface area contributed by atoms with Crippen LogP contribution >= 0.6 is 11.6 Å². The van der Waals surface area contributed by atoms with E-state index in [1.54, 1.807) is 18.2 Å². The smallest absolute Gasteiger partial charge is 0.275 e. The van der Waals surface area contributed by atoms with E-state index in [-0.39, 0.29) is 16.8 Å². The average molecular weight is 278 g/mol. The van der Waals surface area contributed by atoms with Crippen LogP contribution in [0.15, 0.2) is 36.7 Å². The maximum absolute atomic E-state index is 11.9. The molecule has 98 valence electrons. The number of carbonyl (C=O) groups is 1. The molecule has 0 fully saturated rings. The summed E-state index contributed by atoms with van der Waals surface area (Å²) in [7, 11) is 0. The number of anilines is 1. The van der Waals surface area contributed by atoms with Crippen molar-refractivity contribution in [3.63, 3.8) is 0 Å². The third-order valence-corrected chi connectivity index (χ3v) is 2.45. The Bertz CT molecular complexity index is 572. The highest BCUT2D eigenvalue weighted by Crippen LogP contribution is 2.17. The van der Waals surface area contributed by atoms with E-state index in [4.69, 9.17) is 16.3 Å². The maximum atomic E-state index is 11.9. The second-order valence-corrected chi connectivity index (χ2v) is 4.03. The summed E-state index contributed by atoms with van der Waals surface area (Å²) in [6, 6.07) is 7.13. The van der Waals surface area contributed by atoms with Crippen molar-refractivity contribution >= 4 is 23.2 Å². The second-order valence-electron chi connectivity index (χ2n) is 3.64. The molecule has 1 N–H and O–H groups in total. The van der Waals surface area contributed by atoms with Gasteiger partial charge in [0.15, 0.2) is 0 Å². The molecule has 0 atom stereocenters. The molecule has 1 aromatic heterocycles. The lowest BCUT2D eigenvalue weighted by molar-refractivity contribution is 0.102. The molecule has 0 aliphatic heterocycles. The van der Waals surface area contributed by atoms with E-state index in [1.165, 1.54) is 12.4 Å². The number of ether oxygens (including phenoxy) is 1. The third-order valence-electron chi connectivity index (χ3n) is 2.26. The average Bonchev–Trinajstić information content (AvgIpc) is 2.40. The van der Waals surface area contributed by atoms with Crippen molar-refractivity contribution in [2.24, 2.45) is 0 Å². The molecule has 1 amide bonds. The monoisotopic (exact) mass is 277 g/mol.